The van der Waals surface area contributed by atoms with Gasteiger partial charge in [0.1, 0.15) is 0 Å². The third kappa shape index (κ3) is 2.37. The molecule has 9 heteroatoms. The molecule has 4 N–H and O–H groups in total. The molecule has 4 atom stereocenters. The summed E-state index contributed by atoms with van der Waals surface area (Å²) in [5.74, 6) is -0.301. The first-order valence-electron chi connectivity index (χ1n) is 8.43. The molecule has 1 amide bonds. The van der Waals surface area contributed by atoms with Gasteiger partial charge in [-0.15, -0.1) is 0 Å². The molecule has 2 aliphatic rings. The second-order valence-electron chi connectivity index (χ2n) is 7.48. The van der Waals surface area contributed by atoms with Crippen LogP contribution in [0.15, 0.2) is 11.1 Å². The summed E-state index contributed by atoms with van der Waals surface area (Å²) in [7, 11) is 0. The largest absolute Gasteiger partial charge is 0.396 e. The zero-order valence-corrected chi connectivity index (χ0v) is 14.1. The number of nitrogens with zero attached hydrogens (tertiary/aromatic N) is 3. The van der Waals surface area contributed by atoms with E-state index >= 15 is 0 Å². The first kappa shape index (κ1) is 16.2. The van der Waals surface area contributed by atoms with Gasteiger partial charge >= 0.3 is 0 Å². The Kier molecular flexibility index (Phi) is 3.48. The topological polar surface area (TPSA) is 133 Å². The Hall–Kier alpha value is -2.26. The molecular weight excluding hydrogens is 326 g/mol. The van der Waals surface area contributed by atoms with Crippen molar-refractivity contribution >= 4 is 23.0 Å². The van der Waals surface area contributed by atoms with E-state index in [9.17, 15) is 19.8 Å². The van der Waals surface area contributed by atoms with Crippen molar-refractivity contribution in [1.82, 2.24) is 19.5 Å². The minimum Gasteiger partial charge on any atom is -0.396 e. The molecule has 2 fully saturated rings. The van der Waals surface area contributed by atoms with Gasteiger partial charge in [0.15, 0.2) is 11.2 Å². The monoisotopic (exact) mass is 347 g/mol. The van der Waals surface area contributed by atoms with Gasteiger partial charge in [0.05, 0.1) is 18.5 Å². The number of carbonyl (C=O) groups is 1. The summed E-state index contributed by atoms with van der Waals surface area (Å²) in [6, 6.07) is -0.278. The number of nitrogens with one attached hydrogen (secondary N) is 2. The van der Waals surface area contributed by atoms with Gasteiger partial charge < -0.3 is 14.8 Å². The highest BCUT2D eigenvalue weighted by atomic mass is 16.3. The van der Waals surface area contributed by atoms with E-state index in [4.69, 9.17) is 0 Å². The second-order valence-corrected chi connectivity index (χ2v) is 7.48. The average molecular weight is 347 g/mol. The van der Waals surface area contributed by atoms with Crippen LogP contribution in [0.25, 0.3) is 11.2 Å². The van der Waals surface area contributed by atoms with Gasteiger partial charge in [-0.05, 0) is 18.8 Å². The third-order valence-electron chi connectivity index (χ3n) is 5.51. The van der Waals surface area contributed by atoms with Crippen LogP contribution >= 0.6 is 0 Å². The van der Waals surface area contributed by atoms with Crippen LogP contribution < -0.4 is 10.9 Å². The van der Waals surface area contributed by atoms with Crippen molar-refractivity contribution < 1.29 is 15.0 Å². The fourth-order valence-corrected chi connectivity index (χ4v) is 3.99. The number of aliphatic hydroxyl groups is 2. The third-order valence-corrected chi connectivity index (χ3v) is 5.51. The molecule has 2 heterocycles. The molecular formula is C16H21N5O4. The summed E-state index contributed by atoms with van der Waals surface area (Å²) in [4.78, 5) is 35.1. The van der Waals surface area contributed by atoms with Crippen molar-refractivity contribution in [2.45, 2.75) is 38.8 Å². The molecule has 2 saturated carbocycles. The lowest BCUT2D eigenvalue weighted by molar-refractivity contribution is -0.118. The van der Waals surface area contributed by atoms with Crippen molar-refractivity contribution in [2.24, 2.45) is 17.3 Å². The van der Waals surface area contributed by atoms with E-state index in [0.29, 0.717) is 12.1 Å². The molecule has 0 radical (unpaired) electrons. The first-order chi connectivity index (χ1) is 11.9. The summed E-state index contributed by atoms with van der Waals surface area (Å²) < 4.78 is 1.70. The number of rotatable bonds is 4. The maximum atomic E-state index is 12.2. The Morgan fingerprint density at radius 2 is 2.28 bits per heavy atom. The van der Waals surface area contributed by atoms with Crippen LogP contribution in [0.3, 0.4) is 0 Å². The highest BCUT2D eigenvalue weighted by molar-refractivity contribution is 5.91. The number of hydrogen-bond acceptors (Lipinski definition) is 6. The van der Waals surface area contributed by atoms with Crippen LogP contribution in [-0.4, -0.2) is 48.4 Å². The lowest BCUT2D eigenvalue weighted by atomic mass is 10.0. The minimum absolute atomic E-state index is 0.0432. The van der Waals surface area contributed by atoms with E-state index in [1.165, 1.54) is 6.33 Å². The predicted molar refractivity (Wildman–Crippen MR) is 88.9 cm³/mol. The van der Waals surface area contributed by atoms with Gasteiger partial charge in [-0.1, -0.05) is 13.8 Å². The van der Waals surface area contributed by atoms with Crippen LogP contribution in [0.4, 0.5) is 5.95 Å². The smallest absolute Gasteiger partial charge is 0.280 e. The number of aliphatic hydroxyl groups excluding tert-OH is 2. The number of H-pyrrole nitrogens is 1. The summed E-state index contributed by atoms with van der Waals surface area (Å²) >= 11 is 0. The van der Waals surface area contributed by atoms with Crippen molar-refractivity contribution in [2.75, 3.05) is 11.9 Å². The Labute approximate surface area is 143 Å². The lowest BCUT2D eigenvalue weighted by Gasteiger charge is -2.19. The molecule has 0 unspecified atom stereocenters. The summed E-state index contributed by atoms with van der Waals surface area (Å²) in [5, 5.41) is 22.6. The number of aromatic amines is 1. The van der Waals surface area contributed by atoms with Gasteiger partial charge in [-0.25, -0.2) is 4.98 Å². The molecule has 9 nitrogen and oxygen atoms in total. The van der Waals surface area contributed by atoms with E-state index in [1.807, 2.05) is 0 Å². The minimum atomic E-state index is -0.627. The number of fused-ring (bicyclic) bond motifs is 2. The molecule has 2 aromatic heterocycles. The standard InChI is InChI=1S/C16H21N5O4/c1-7(2)13(24)19-15-18-12-10(14(25)20-15)17-6-21(12)11-8-3-16(8,5-22)4-9(11)23/h6-9,11,22-23H,3-5H2,1-2H3,(H2,18,19,20,24,25)/t8-,9-,11-,16-/m1/s1. The molecule has 0 aromatic carbocycles. The van der Waals surface area contributed by atoms with Crippen molar-refractivity contribution in [1.29, 1.82) is 0 Å². The van der Waals surface area contributed by atoms with Gasteiger partial charge in [0.2, 0.25) is 11.9 Å². The van der Waals surface area contributed by atoms with E-state index < -0.39 is 11.7 Å². The quantitative estimate of drug-likeness (QED) is 0.616. The second kappa shape index (κ2) is 5.37. The van der Waals surface area contributed by atoms with Crippen molar-refractivity contribution in [3.8, 4) is 0 Å². The van der Waals surface area contributed by atoms with Gasteiger partial charge in [0.25, 0.3) is 5.56 Å². The molecule has 0 aliphatic heterocycles. The van der Waals surface area contributed by atoms with Crippen LogP contribution in [0.5, 0.6) is 0 Å². The highest BCUT2D eigenvalue weighted by Gasteiger charge is 2.65. The van der Waals surface area contributed by atoms with Gasteiger partial charge in [-0.3, -0.25) is 19.9 Å². The number of amides is 1. The van der Waals surface area contributed by atoms with E-state index in [2.05, 4.69) is 20.3 Å². The van der Waals surface area contributed by atoms with Crippen LogP contribution in [0, 0.1) is 17.3 Å². The number of aromatic nitrogens is 4. The Morgan fingerprint density at radius 1 is 1.52 bits per heavy atom. The molecule has 0 spiro atoms. The Bertz CT molecular complexity index is 904. The summed E-state index contributed by atoms with van der Waals surface area (Å²) in [5.41, 5.74) is -0.180. The first-order valence-corrected chi connectivity index (χ1v) is 8.43. The fraction of sp³-hybridized carbons (Fsp3) is 0.625. The average Bonchev–Trinajstić information content (AvgIpc) is 2.95. The molecule has 0 bridgehead atoms. The Morgan fingerprint density at radius 3 is 2.92 bits per heavy atom. The van der Waals surface area contributed by atoms with E-state index in [1.54, 1.807) is 18.4 Å². The number of imidazole rings is 1. The zero-order chi connectivity index (χ0) is 17.9. The fourth-order valence-electron chi connectivity index (χ4n) is 3.99. The van der Waals surface area contributed by atoms with Crippen LogP contribution in [-0.2, 0) is 4.79 Å². The van der Waals surface area contributed by atoms with Crippen molar-refractivity contribution in [3.63, 3.8) is 0 Å². The number of carbonyl (C=O) groups excluding carboxylic acids is 1. The van der Waals surface area contributed by atoms with Crippen LogP contribution in [0.2, 0.25) is 0 Å². The summed E-state index contributed by atoms with van der Waals surface area (Å²) in [6.07, 6.45) is 2.24. The van der Waals surface area contributed by atoms with Gasteiger partial charge in [-0.2, -0.15) is 4.98 Å². The van der Waals surface area contributed by atoms with E-state index in [0.717, 1.165) is 6.42 Å². The predicted octanol–water partition coefficient (Wildman–Crippen LogP) is 0.0184. The van der Waals surface area contributed by atoms with E-state index in [-0.39, 0.29) is 47.3 Å². The SMILES string of the molecule is CC(C)C(=O)Nc1nc2c(ncn2[C@H]2[C@H](O)C[C@@]3(CO)C[C@H]23)c(=O)[nH]1. The zero-order valence-electron chi connectivity index (χ0n) is 14.1. The molecule has 25 heavy (non-hydrogen) atoms. The van der Waals surface area contributed by atoms with Gasteiger partial charge in [0, 0.05) is 17.9 Å². The van der Waals surface area contributed by atoms with Crippen LogP contribution in [0.1, 0.15) is 32.7 Å². The molecule has 2 aromatic rings. The molecule has 2 aliphatic carbocycles. The molecule has 0 saturated heterocycles. The highest BCUT2D eigenvalue weighted by Crippen LogP contribution is 2.67. The molecule has 4 rings (SSSR count). The Balaban J connectivity index is 1.75. The summed E-state index contributed by atoms with van der Waals surface area (Å²) in [6.45, 7) is 3.53. The normalized spacial score (nSPS) is 30.7. The maximum absolute atomic E-state index is 12.2. The molecule has 134 valence electrons. The number of anilines is 1. The maximum Gasteiger partial charge on any atom is 0.280 e. The lowest BCUT2D eigenvalue weighted by Crippen LogP contribution is -2.24. The van der Waals surface area contributed by atoms with Crippen molar-refractivity contribution in [3.05, 3.63) is 16.7 Å². The number of hydrogen-bond donors (Lipinski definition) is 4.